The molecular formula is C12H12ClN3S. The molecule has 0 saturated heterocycles. The molecule has 0 spiro atoms. The highest BCUT2D eigenvalue weighted by molar-refractivity contribution is 7.71. The van der Waals surface area contributed by atoms with Crippen LogP contribution in [0.15, 0.2) is 24.4 Å². The second-order valence-electron chi connectivity index (χ2n) is 4.26. The average Bonchev–Trinajstić information content (AvgIpc) is 2.65. The maximum Gasteiger partial charge on any atom is 0.179 e. The Morgan fingerprint density at radius 3 is 3.12 bits per heavy atom. The molecule has 1 N–H and O–H groups in total. The Balaban J connectivity index is 2.18. The van der Waals surface area contributed by atoms with Crippen LogP contribution in [0.5, 0.6) is 0 Å². The van der Waals surface area contributed by atoms with Gasteiger partial charge in [-0.25, -0.2) is 4.98 Å². The van der Waals surface area contributed by atoms with Gasteiger partial charge in [-0.15, -0.1) is 0 Å². The van der Waals surface area contributed by atoms with Crippen molar-refractivity contribution < 1.29 is 0 Å². The summed E-state index contributed by atoms with van der Waals surface area (Å²) < 4.78 is 2.85. The van der Waals surface area contributed by atoms with E-state index >= 15 is 0 Å². The zero-order valence-corrected chi connectivity index (χ0v) is 10.8. The number of aromatic nitrogens is 3. The number of pyridine rings is 1. The van der Waals surface area contributed by atoms with Gasteiger partial charge in [-0.05, 0) is 37.5 Å². The van der Waals surface area contributed by atoms with Crippen molar-refractivity contribution in [3.05, 3.63) is 34.2 Å². The van der Waals surface area contributed by atoms with Crippen molar-refractivity contribution in [2.75, 3.05) is 0 Å². The molecule has 0 radical (unpaired) electrons. The van der Waals surface area contributed by atoms with Gasteiger partial charge in [-0.1, -0.05) is 23.8 Å². The summed E-state index contributed by atoms with van der Waals surface area (Å²) in [6.45, 7) is 0. The molecule has 0 aliphatic heterocycles. The van der Waals surface area contributed by atoms with Crippen LogP contribution in [-0.2, 0) is 0 Å². The summed E-state index contributed by atoms with van der Waals surface area (Å²) in [5.74, 6) is 0. The van der Waals surface area contributed by atoms with Crippen molar-refractivity contribution in [2.24, 2.45) is 0 Å². The fourth-order valence-electron chi connectivity index (χ4n) is 2.34. The smallest absolute Gasteiger partial charge is 0.179 e. The Morgan fingerprint density at radius 1 is 1.47 bits per heavy atom. The quantitative estimate of drug-likeness (QED) is 0.624. The molecule has 5 heteroatoms. The molecule has 17 heavy (non-hydrogen) atoms. The van der Waals surface area contributed by atoms with Crippen molar-refractivity contribution in [3.8, 4) is 0 Å². The Kier molecular flexibility index (Phi) is 2.76. The molecule has 0 aromatic carbocycles. The Hall–Kier alpha value is -1.13. The second kappa shape index (κ2) is 4.27. The SMILES string of the molecule is S=c1[nH]c2cc(Cl)cnc2n1C1CC=CCC1. The zero-order chi connectivity index (χ0) is 11.8. The summed E-state index contributed by atoms with van der Waals surface area (Å²) in [6.07, 6.45) is 9.34. The van der Waals surface area contributed by atoms with Crippen molar-refractivity contribution in [1.29, 1.82) is 0 Å². The Morgan fingerprint density at radius 2 is 2.35 bits per heavy atom. The second-order valence-corrected chi connectivity index (χ2v) is 5.09. The van der Waals surface area contributed by atoms with Gasteiger partial charge in [0, 0.05) is 12.2 Å². The third-order valence-electron chi connectivity index (χ3n) is 3.13. The van der Waals surface area contributed by atoms with E-state index in [1.807, 2.05) is 6.07 Å². The maximum absolute atomic E-state index is 5.93. The number of aromatic amines is 1. The third-order valence-corrected chi connectivity index (χ3v) is 3.63. The van der Waals surface area contributed by atoms with E-state index in [-0.39, 0.29) is 0 Å². The highest BCUT2D eigenvalue weighted by Gasteiger charge is 2.16. The van der Waals surface area contributed by atoms with Crippen LogP contribution in [0, 0.1) is 4.77 Å². The van der Waals surface area contributed by atoms with Crippen LogP contribution >= 0.6 is 23.8 Å². The molecule has 1 aliphatic carbocycles. The molecule has 0 fully saturated rings. The molecule has 2 heterocycles. The summed E-state index contributed by atoms with van der Waals surface area (Å²) in [7, 11) is 0. The molecule has 0 saturated carbocycles. The van der Waals surface area contributed by atoms with Crippen LogP contribution in [0.2, 0.25) is 5.02 Å². The number of hydrogen-bond donors (Lipinski definition) is 1. The normalized spacial score (nSPS) is 19.9. The van der Waals surface area contributed by atoms with Gasteiger partial charge in [0.2, 0.25) is 0 Å². The van der Waals surface area contributed by atoms with E-state index in [0.29, 0.717) is 11.1 Å². The minimum Gasteiger partial charge on any atom is -0.329 e. The van der Waals surface area contributed by atoms with Gasteiger partial charge in [-0.3, -0.25) is 4.57 Å². The predicted molar refractivity (Wildman–Crippen MR) is 72.0 cm³/mol. The van der Waals surface area contributed by atoms with Crippen molar-refractivity contribution in [1.82, 2.24) is 14.5 Å². The van der Waals surface area contributed by atoms with Crippen LogP contribution in [0.4, 0.5) is 0 Å². The molecule has 3 rings (SSSR count). The first kappa shape index (κ1) is 11.0. The Bertz CT molecular complexity index is 641. The van der Waals surface area contributed by atoms with Crippen LogP contribution < -0.4 is 0 Å². The number of halogens is 1. The molecule has 2 aromatic heterocycles. The summed E-state index contributed by atoms with van der Waals surface area (Å²) in [5, 5.41) is 0.629. The lowest BCUT2D eigenvalue weighted by Gasteiger charge is -2.19. The number of rotatable bonds is 1. The number of nitrogens with zero attached hydrogens (tertiary/aromatic N) is 2. The maximum atomic E-state index is 5.93. The molecule has 1 atom stereocenters. The van der Waals surface area contributed by atoms with E-state index in [4.69, 9.17) is 23.8 Å². The molecule has 2 aromatic rings. The minimum absolute atomic E-state index is 0.412. The summed E-state index contributed by atoms with van der Waals surface area (Å²) in [4.78, 5) is 7.56. The first-order chi connectivity index (χ1) is 8.25. The molecule has 3 nitrogen and oxygen atoms in total. The van der Waals surface area contributed by atoms with Crippen molar-refractivity contribution >= 4 is 35.0 Å². The summed E-state index contributed by atoms with van der Waals surface area (Å²) in [6, 6.07) is 2.28. The van der Waals surface area contributed by atoms with E-state index in [9.17, 15) is 0 Å². The first-order valence-electron chi connectivity index (χ1n) is 5.66. The van der Waals surface area contributed by atoms with Gasteiger partial charge in [0.15, 0.2) is 10.4 Å². The molecular weight excluding hydrogens is 254 g/mol. The van der Waals surface area contributed by atoms with Gasteiger partial charge in [0.25, 0.3) is 0 Å². The summed E-state index contributed by atoms with van der Waals surface area (Å²) >= 11 is 11.3. The van der Waals surface area contributed by atoms with Gasteiger partial charge in [0.05, 0.1) is 10.5 Å². The standard InChI is InChI=1S/C12H12ClN3S/c13-8-6-10-11(14-7-8)16(12(17)15-10)9-4-2-1-3-5-9/h1-2,6-7,9H,3-5H2,(H,15,17). The molecule has 88 valence electrons. The van der Waals surface area contributed by atoms with Crippen LogP contribution in [0.1, 0.15) is 25.3 Å². The largest absolute Gasteiger partial charge is 0.329 e. The van der Waals surface area contributed by atoms with Crippen LogP contribution in [-0.4, -0.2) is 14.5 Å². The third kappa shape index (κ3) is 1.91. The van der Waals surface area contributed by atoms with Crippen molar-refractivity contribution in [2.45, 2.75) is 25.3 Å². The first-order valence-corrected chi connectivity index (χ1v) is 6.45. The molecule has 0 amide bonds. The van der Waals surface area contributed by atoms with E-state index in [1.165, 1.54) is 0 Å². The Labute approximate surface area is 109 Å². The predicted octanol–water partition coefficient (Wildman–Crippen LogP) is 4.03. The zero-order valence-electron chi connectivity index (χ0n) is 9.19. The van der Waals surface area contributed by atoms with Crippen molar-refractivity contribution in [3.63, 3.8) is 0 Å². The summed E-state index contributed by atoms with van der Waals surface area (Å²) in [5.41, 5.74) is 1.82. The minimum atomic E-state index is 0.412. The lowest BCUT2D eigenvalue weighted by molar-refractivity contribution is 0.465. The molecule has 1 unspecified atom stereocenters. The highest BCUT2D eigenvalue weighted by Crippen LogP contribution is 2.28. The number of allylic oxidation sites excluding steroid dienone is 2. The van der Waals surface area contributed by atoms with Crippen LogP contribution in [0.25, 0.3) is 11.2 Å². The fourth-order valence-corrected chi connectivity index (χ4v) is 2.84. The van der Waals surface area contributed by atoms with Crippen LogP contribution in [0.3, 0.4) is 0 Å². The highest BCUT2D eigenvalue weighted by atomic mass is 35.5. The fraction of sp³-hybridized carbons (Fsp3) is 0.333. The monoisotopic (exact) mass is 265 g/mol. The van der Waals surface area contributed by atoms with Gasteiger partial charge in [-0.2, -0.15) is 0 Å². The number of H-pyrrole nitrogens is 1. The van der Waals surface area contributed by atoms with Gasteiger partial charge >= 0.3 is 0 Å². The average molecular weight is 266 g/mol. The van der Waals surface area contributed by atoms with E-state index in [0.717, 1.165) is 35.2 Å². The molecule has 0 bridgehead atoms. The van der Waals surface area contributed by atoms with Gasteiger partial charge < -0.3 is 4.98 Å². The number of imidazole rings is 1. The number of fused-ring (bicyclic) bond motifs is 1. The van der Waals surface area contributed by atoms with Gasteiger partial charge in [0.1, 0.15) is 0 Å². The lowest BCUT2D eigenvalue weighted by Crippen LogP contribution is -2.10. The molecule has 1 aliphatic rings. The lowest BCUT2D eigenvalue weighted by atomic mass is 10.0. The number of hydrogen-bond acceptors (Lipinski definition) is 2. The van der Waals surface area contributed by atoms with E-state index in [2.05, 4.69) is 26.7 Å². The van der Waals surface area contributed by atoms with E-state index in [1.54, 1.807) is 6.20 Å². The topological polar surface area (TPSA) is 33.6 Å². The number of nitrogens with one attached hydrogen (secondary N) is 1. The van der Waals surface area contributed by atoms with E-state index < -0.39 is 0 Å².